The number of pyridine rings is 1. The predicted octanol–water partition coefficient (Wildman–Crippen LogP) is 1.71. The fourth-order valence-electron chi connectivity index (χ4n) is 1.39. The van der Waals surface area contributed by atoms with E-state index in [-0.39, 0.29) is 6.10 Å². The van der Waals surface area contributed by atoms with Crippen molar-refractivity contribution in [2.75, 3.05) is 13.1 Å². The first-order valence-corrected chi connectivity index (χ1v) is 6.09. The third-order valence-corrected chi connectivity index (χ3v) is 2.39. The van der Waals surface area contributed by atoms with Crippen LogP contribution in [-0.2, 0) is 9.53 Å². The van der Waals surface area contributed by atoms with Gasteiger partial charge in [-0.25, -0.2) is 0 Å². The van der Waals surface area contributed by atoms with Gasteiger partial charge in [-0.1, -0.05) is 19.4 Å². The van der Waals surface area contributed by atoms with Crippen molar-refractivity contribution in [2.45, 2.75) is 25.9 Å². The van der Waals surface area contributed by atoms with E-state index in [1.165, 1.54) is 6.40 Å². The SMILES string of the molecule is C1=NC[C@@H](c2cccnc2)O1.CCCCNC=O. The number of rotatable bonds is 5. The number of carbonyl (C=O) groups is 1. The van der Waals surface area contributed by atoms with Crippen LogP contribution in [0.5, 0.6) is 0 Å². The highest BCUT2D eigenvalue weighted by Crippen LogP contribution is 2.18. The zero-order valence-electron chi connectivity index (χ0n) is 10.6. The van der Waals surface area contributed by atoms with Gasteiger partial charge in [0.25, 0.3) is 0 Å². The van der Waals surface area contributed by atoms with E-state index in [0.29, 0.717) is 6.54 Å². The topological polar surface area (TPSA) is 63.6 Å². The van der Waals surface area contributed by atoms with Crippen molar-refractivity contribution in [3.8, 4) is 0 Å². The van der Waals surface area contributed by atoms with Crippen LogP contribution >= 0.6 is 0 Å². The molecule has 0 aromatic carbocycles. The Morgan fingerprint density at radius 1 is 1.61 bits per heavy atom. The van der Waals surface area contributed by atoms with Gasteiger partial charge in [0.1, 0.15) is 6.10 Å². The third-order valence-electron chi connectivity index (χ3n) is 2.39. The number of ether oxygens (including phenoxy) is 1. The molecule has 0 fully saturated rings. The highest BCUT2D eigenvalue weighted by atomic mass is 16.5. The lowest BCUT2D eigenvalue weighted by atomic mass is 10.2. The Kier molecular flexibility index (Phi) is 7.20. The zero-order chi connectivity index (χ0) is 13.1. The van der Waals surface area contributed by atoms with Crippen LogP contribution in [0.2, 0.25) is 0 Å². The average molecular weight is 249 g/mol. The Balaban J connectivity index is 0.000000203. The number of hydrogen-bond donors (Lipinski definition) is 1. The van der Waals surface area contributed by atoms with Crippen molar-refractivity contribution in [1.29, 1.82) is 0 Å². The summed E-state index contributed by atoms with van der Waals surface area (Å²) in [6.45, 7) is 3.62. The normalized spacial score (nSPS) is 16.4. The quantitative estimate of drug-likeness (QED) is 0.638. The lowest BCUT2D eigenvalue weighted by Gasteiger charge is -2.06. The van der Waals surface area contributed by atoms with Crippen LogP contribution < -0.4 is 5.32 Å². The Hall–Kier alpha value is -1.91. The summed E-state index contributed by atoms with van der Waals surface area (Å²) < 4.78 is 5.21. The largest absolute Gasteiger partial charge is 0.474 e. The molecular formula is C13H19N3O2. The molecule has 1 aromatic heterocycles. The van der Waals surface area contributed by atoms with Gasteiger partial charge in [-0.2, -0.15) is 0 Å². The third kappa shape index (κ3) is 5.43. The smallest absolute Gasteiger partial charge is 0.207 e. The van der Waals surface area contributed by atoms with Gasteiger partial charge in [-0.15, -0.1) is 0 Å². The molecule has 1 atom stereocenters. The van der Waals surface area contributed by atoms with Gasteiger partial charge in [0.15, 0.2) is 6.40 Å². The first kappa shape index (κ1) is 14.2. The molecular weight excluding hydrogens is 230 g/mol. The lowest BCUT2D eigenvalue weighted by molar-refractivity contribution is -0.109. The van der Waals surface area contributed by atoms with E-state index >= 15 is 0 Å². The molecule has 1 amide bonds. The first-order chi connectivity index (χ1) is 8.88. The van der Waals surface area contributed by atoms with Gasteiger partial charge in [0.05, 0.1) is 6.54 Å². The number of unbranched alkanes of at least 4 members (excludes halogenated alkanes) is 1. The summed E-state index contributed by atoms with van der Waals surface area (Å²) in [5.74, 6) is 0. The second-order valence-electron chi connectivity index (χ2n) is 3.81. The molecule has 0 unspecified atom stereocenters. The molecule has 18 heavy (non-hydrogen) atoms. The van der Waals surface area contributed by atoms with E-state index in [1.807, 2.05) is 12.1 Å². The van der Waals surface area contributed by atoms with E-state index in [9.17, 15) is 4.79 Å². The van der Waals surface area contributed by atoms with Crippen LogP contribution in [0.25, 0.3) is 0 Å². The minimum Gasteiger partial charge on any atom is -0.474 e. The second kappa shape index (κ2) is 9.15. The molecule has 1 N–H and O–H groups in total. The van der Waals surface area contributed by atoms with E-state index in [1.54, 1.807) is 12.4 Å². The summed E-state index contributed by atoms with van der Waals surface area (Å²) in [5, 5.41) is 2.57. The molecule has 5 heteroatoms. The predicted molar refractivity (Wildman–Crippen MR) is 70.4 cm³/mol. The van der Waals surface area contributed by atoms with Gasteiger partial charge in [0, 0.05) is 24.5 Å². The molecule has 5 nitrogen and oxygen atoms in total. The molecule has 0 aliphatic carbocycles. The van der Waals surface area contributed by atoms with Crippen LogP contribution in [-0.4, -0.2) is 30.9 Å². The number of nitrogens with zero attached hydrogens (tertiary/aromatic N) is 2. The first-order valence-electron chi connectivity index (χ1n) is 6.09. The molecule has 98 valence electrons. The second-order valence-corrected chi connectivity index (χ2v) is 3.81. The monoisotopic (exact) mass is 249 g/mol. The number of aliphatic imine (C=N–C) groups is 1. The van der Waals surface area contributed by atoms with E-state index in [0.717, 1.165) is 31.4 Å². The number of hydrogen-bond acceptors (Lipinski definition) is 4. The van der Waals surface area contributed by atoms with Crippen LogP contribution in [0, 0.1) is 0 Å². The minimum atomic E-state index is 0.0868. The number of aromatic nitrogens is 1. The maximum Gasteiger partial charge on any atom is 0.207 e. The Labute approximate surface area is 107 Å². The minimum absolute atomic E-state index is 0.0868. The Morgan fingerprint density at radius 3 is 3.06 bits per heavy atom. The fraction of sp³-hybridized carbons (Fsp3) is 0.462. The van der Waals surface area contributed by atoms with Gasteiger partial charge in [-0.05, 0) is 12.5 Å². The Morgan fingerprint density at radius 2 is 2.50 bits per heavy atom. The molecule has 1 aliphatic heterocycles. The summed E-state index contributed by atoms with van der Waals surface area (Å²) in [6, 6.07) is 3.89. The van der Waals surface area contributed by atoms with E-state index < -0.39 is 0 Å². The van der Waals surface area contributed by atoms with E-state index in [4.69, 9.17) is 4.74 Å². The summed E-state index contributed by atoms with van der Waals surface area (Å²) in [6.07, 6.45) is 8.09. The van der Waals surface area contributed by atoms with Crippen molar-refractivity contribution >= 4 is 12.8 Å². The van der Waals surface area contributed by atoms with Crippen molar-refractivity contribution in [2.24, 2.45) is 4.99 Å². The standard InChI is InChI=1S/C8H8N2O.C5H11NO/c1-2-7(4-9-3-1)8-5-10-6-11-8;1-2-3-4-6-5-7/h1-4,6,8H,5H2;5H,2-4H2,1H3,(H,6,7)/t8-;/m0./s1. The van der Waals surface area contributed by atoms with Gasteiger partial charge in [-0.3, -0.25) is 14.8 Å². The molecule has 2 rings (SSSR count). The lowest BCUT2D eigenvalue weighted by Crippen LogP contribution is -2.11. The number of amides is 1. The number of nitrogens with one attached hydrogen (secondary N) is 1. The van der Waals surface area contributed by atoms with Crippen LogP contribution in [0.15, 0.2) is 29.5 Å². The van der Waals surface area contributed by atoms with E-state index in [2.05, 4.69) is 22.2 Å². The Bertz CT molecular complexity index is 347. The fourth-order valence-corrected chi connectivity index (χ4v) is 1.39. The maximum absolute atomic E-state index is 9.57. The van der Waals surface area contributed by atoms with Crippen LogP contribution in [0.3, 0.4) is 0 Å². The molecule has 0 saturated carbocycles. The van der Waals surface area contributed by atoms with Crippen LogP contribution in [0.4, 0.5) is 0 Å². The van der Waals surface area contributed by atoms with Crippen molar-refractivity contribution in [3.63, 3.8) is 0 Å². The average Bonchev–Trinajstić information content (AvgIpc) is 2.95. The molecule has 1 aliphatic rings. The molecule has 0 spiro atoms. The molecule has 0 saturated heterocycles. The molecule has 1 aromatic rings. The van der Waals surface area contributed by atoms with Gasteiger partial charge >= 0.3 is 0 Å². The summed E-state index contributed by atoms with van der Waals surface area (Å²) in [5.41, 5.74) is 1.09. The van der Waals surface area contributed by atoms with Gasteiger partial charge < -0.3 is 10.1 Å². The highest BCUT2D eigenvalue weighted by molar-refractivity contribution is 5.49. The molecule has 0 radical (unpaired) electrons. The van der Waals surface area contributed by atoms with Crippen LogP contribution in [0.1, 0.15) is 31.4 Å². The summed E-state index contributed by atoms with van der Waals surface area (Å²) in [4.78, 5) is 17.5. The zero-order valence-corrected chi connectivity index (χ0v) is 10.6. The van der Waals surface area contributed by atoms with Gasteiger partial charge in [0.2, 0.25) is 6.41 Å². The maximum atomic E-state index is 9.57. The summed E-state index contributed by atoms with van der Waals surface area (Å²) >= 11 is 0. The molecule has 2 heterocycles. The van der Waals surface area contributed by atoms with Crippen molar-refractivity contribution in [1.82, 2.24) is 10.3 Å². The van der Waals surface area contributed by atoms with Crippen molar-refractivity contribution in [3.05, 3.63) is 30.1 Å². The van der Waals surface area contributed by atoms with Crippen molar-refractivity contribution < 1.29 is 9.53 Å². The highest BCUT2D eigenvalue weighted by Gasteiger charge is 2.14. The summed E-state index contributed by atoms with van der Waals surface area (Å²) in [7, 11) is 0. The molecule has 0 bridgehead atoms. The number of carbonyl (C=O) groups excluding carboxylic acids is 1.